The van der Waals surface area contributed by atoms with E-state index in [0.717, 1.165) is 14.9 Å². The minimum atomic E-state index is -1.81. The zero-order valence-corrected chi connectivity index (χ0v) is 25.2. The zero-order chi connectivity index (χ0) is 26.9. The highest BCUT2D eigenvalue weighted by Crippen LogP contribution is 2.72. The lowest BCUT2D eigenvalue weighted by molar-refractivity contribution is -0.302. The molecule has 8 atom stereocenters. The second-order valence-corrected chi connectivity index (χ2v) is 15.3. The third-order valence-electron chi connectivity index (χ3n) is 9.92. The van der Waals surface area contributed by atoms with E-state index in [-0.39, 0.29) is 35.6 Å². The molecule has 1 N–H and O–H groups in total. The van der Waals surface area contributed by atoms with Crippen molar-refractivity contribution in [3.63, 3.8) is 0 Å². The van der Waals surface area contributed by atoms with Crippen LogP contribution in [0.3, 0.4) is 0 Å². The minimum absolute atomic E-state index is 0.00439. The molecule has 1 aliphatic heterocycles. The smallest absolute Gasteiger partial charge is 0.342 e. The second kappa shape index (κ2) is 7.96. The fourth-order valence-corrected chi connectivity index (χ4v) is 9.57. The lowest BCUT2D eigenvalue weighted by atomic mass is 9.59. The number of carbonyl (C=O) groups is 2. The molecule has 2 unspecified atom stereocenters. The van der Waals surface area contributed by atoms with Crippen molar-refractivity contribution in [3.05, 3.63) is 37.4 Å². The number of ketones is 1. The summed E-state index contributed by atoms with van der Waals surface area (Å²) in [6.45, 7) is 14.0. The van der Waals surface area contributed by atoms with Crippen LogP contribution < -0.4 is 0 Å². The zero-order valence-electron chi connectivity index (χ0n) is 22.3. The summed E-state index contributed by atoms with van der Waals surface area (Å²) >= 11 is 3.32. The van der Waals surface area contributed by atoms with E-state index >= 15 is 0 Å². The molecule has 6 rings (SSSR count). The normalized spacial score (nSPS) is 42.9. The van der Waals surface area contributed by atoms with E-state index in [4.69, 9.17) is 14.2 Å². The number of aromatic nitrogens is 1. The van der Waals surface area contributed by atoms with Crippen molar-refractivity contribution >= 4 is 45.9 Å². The first-order chi connectivity index (χ1) is 17.2. The molecule has 0 radical (unpaired) electrons. The van der Waals surface area contributed by atoms with Crippen LogP contribution in [0.15, 0.2) is 23.3 Å². The van der Waals surface area contributed by atoms with E-state index in [0.29, 0.717) is 22.7 Å². The first-order valence-corrected chi connectivity index (χ1v) is 14.8. The second-order valence-electron chi connectivity index (χ2n) is 12.7. The Kier molecular flexibility index (Phi) is 5.62. The predicted octanol–water partition coefficient (Wildman–Crippen LogP) is 4.85. The Morgan fingerprint density at radius 1 is 1.27 bits per heavy atom. The Labute approximate surface area is 235 Å². The summed E-state index contributed by atoms with van der Waals surface area (Å²) in [5, 5.41) is 13.0. The quantitative estimate of drug-likeness (QED) is 0.281. The van der Waals surface area contributed by atoms with Crippen molar-refractivity contribution in [2.75, 3.05) is 6.61 Å². The summed E-state index contributed by atoms with van der Waals surface area (Å²) in [4.78, 5) is 28.2. The molecule has 200 valence electrons. The summed E-state index contributed by atoms with van der Waals surface area (Å²) in [5.74, 6) is -1.47. The molecular weight excluding hydrogens is 605 g/mol. The summed E-state index contributed by atoms with van der Waals surface area (Å²) in [6, 6.07) is 0. The Balaban J connectivity index is 1.53. The molecule has 4 aliphatic carbocycles. The fraction of sp³-hybridized carbons (Fsp3) is 0.679. The molecule has 1 aromatic rings. The summed E-state index contributed by atoms with van der Waals surface area (Å²) < 4.78 is 23.7. The van der Waals surface area contributed by atoms with E-state index in [2.05, 4.69) is 47.7 Å². The monoisotopic (exact) mass is 639 g/mol. The molecule has 37 heavy (non-hydrogen) atoms. The number of aryl methyl sites for hydroxylation is 1. The van der Waals surface area contributed by atoms with Gasteiger partial charge in [-0.05, 0) is 103 Å². The number of rotatable bonds is 2. The highest BCUT2D eigenvalue weighted by atomic mass is 127. The van der Waals surface area contributed by atoms with Crippen LogP contribution in [0.25, 0.3) is 0 Å². The van der Waals surface area contributed by atoms with Gasteiger partial charge in [0.2, 0.25) is 0 Å². The Bertz CT molecular complexity index is 1260. The summed E-state index contributed by atoms with van der Waals surface area (Å²) in [6.07, 6.45) is 2.83. The van der Waals surface area contributed by atoms with Crippen molar-refractivity contribution in [2.45, 2.75) is 78.5 Å². The van der Waals surface area contributed by atoms with Crippen molar-refractivity contribution in [2.24, 2.45) is 34.5 Å². The number of halogens is 1. The molecule has 3 fully saturated rings. The van der Waals surface area contributed by atoms with Crippen LogP contribution in [0, 0.1) is 44.3 Å². The Morgan fingerprint density at radius 3 is 2.62 bits per heavy atom. The maximum Gasteiger partial charge on any atom is 0.342 e. The lowest BCUT2D eigenvalue weighted by Crippen LogP contribution is -2.68. The number of esters is 1. The van der Waals surface area contributed by atoms with E-state index < -0.39 is 35.0 Å². The molecule has 1 spiro atoms. The summed E-state index contributed by atoms with van der Waals surface area (Å²) in [5.41, 5.74) is -0.589. The van der Waals surface area contributed by atoms with E-state index in [1.165, 1.54) is 11.5 Å². The van der Waals surface area contributed by atoms with Gasteiger partial charge in [-0.2, -0.15) is 4.37 Å². The molecule has 0 amide bonds. The number of Topliss-reactive ketones (excluding diaryl/α,β-unsaturated/α-hetero) is 1. The summed E-state index contributed by atoms with van der Waals surface area (Å²) in [7, 11) is 0. The van der Waals surface area contributed by atoms with Crippen molar-refractivity contribution in [1.82, 2.24) is 4.37 Å². The van der Waals surface area contributed by atoms with Gasteiger partial charge in [0.25, 0.3) is 0 Å². The molecule has 7 nitrogen and oxygen atoms in total. The van der Waals surface area contributed by atoms with Crippen LogP contribution in [0.4, 0.5) is 0 Å². The number of carbonyl (C=O) groups excluding carboxylic acids is 2. The van der Waals surface area contributed by atoms with Gasteiger partial charge in [0.05, 0.1) is 17.7 Å². The van der Waals surface area contributed by atoms with Gasteiger partial charge in [0.15, 0.2) is 23.3 Å². The average molecular weight is 640 g/mol. The van der Waals surface area contributed by atoms with Crippen LogP contribution in [-0.2, 0) is 19.0 Å². The Morgan fingerprint density at radius 2 is 1.97 bits per heavy atom. The molecule has 5 aliphatic rings. The highest BCUT2D eigenvalue weighted by molar-refractivity contribution is 14.1. The minimum Gasteiger partial charge on any atom is -0.451 e. The van der Waals surface area contributed by atoms with Crippen LogP contribution >= 0.6 is 34.1 Å². The first kappa shape index (κ1) is 26.1. The number of ether oxygens (including phenoxy) is 3. The number of hydrogen-bond donors (Lipinski definition) is 1. The largest absolute Gasteiger partial charge is 0.451 e. The highest BCUT2D eigenvalue weighted by Gasteiger charge is 2.77. The fourth-order valence-electron chi connectivity index (χ4n) is 8.04. The van der Waals surface area contributed by atoms with Gasteiger partial charge in [0.1, 0.15) is 14.6 Å². The molecule has 1 saturated heterocycles. The molecular formula is C28H34INO6S. The third-order valence-corrected chi connectivity index (χ3v) is 11.8. The molecule has 1 aromatic heterocycles. The molecule has 9 heteroatoms. The van der Waals surface area contributed by atoms with Gasteiger partial charge in [-0.1, -0.05) is 32.9 Å². The number of nitrogens with zero attached hydrogens (tertiary/aromatic N) is 1. The van der Waals surface area contributed by atoms with Gasteiger partial charge in [0, 0.05) is 5.92 Å². The molecule has 2 saturated carbocycles. The Hall–Kier alpha value is -1.14. The lowest BCUT2D eigenvalue weighted by Gasteiger charge is -2.52. The number of fused-ring (bicyclic) bond motifs is 5. The number of hydrogen-bond acceptors (Lipinski definition) is 8. The third kappa shape index (κ3) is 3.30. The number of allylic oxidation sites excluding steroid dienone is 1. The van der Waals surface area contributed by atoms with E-state index in [1.807, 2.05) is 32.9 Å². The molecule has 0 aromatic carbocycles. The van der Waals surface area contributed by atoms with Crippen LogP contribution in [0.2, 0.25) is 0 Å². The SMILES string of the molecule is CC1=CC23C(=O)[C@@H](C=C4COC(C)(C)O[C@H]4[C@]2(O)[C@H]1OC(=O)c1c(C)nsc1I)[C@@H]1[C@@H](CC3C)C1(C)C. The van der Waals surface area contributed by atoms with Crippen molar-refractivity contribution in [1.29, 1.82) is 0 Å². The van der Waals surface area contributed by atoms with Crippen LogP contribution in [-0.4, -0.2) is 51.4 Å². The maximum atomic E-state index is 14.7. The standard InChI is InChI=1S/C28H34INO6S/c1-12-10-27-13(2)8-17-19(25(17,4)5)16(20(27)31)9-15-11-34-26(6,7)36-22(15)28(27,33)21(12)35-24(32)18-14(3)30-37-23(18)29/h9-10,13,16-17,19,21-22,33H,8,11H2,1-7H3/t13?,16-,17+,19+,21-,22+,27?,28+/m0/s1. The van der Waals surface area contributed by atoms with Gasteiger partial charge in [-0.25, -0.2) is 4.79 Å². The van der Waals surface area contributed by atoms with Gasteiger partial charge in [-0.15, -0.1) is 0 Å². The van der Waals surface area contributed by atoms with E-state index in [9.17, 15) is 14.7 Å². The number of aliphatic hydroxyl groups is 1. The van der Waals surface area contributed by atoms with Crippen LogP contribution in [0.1, 0.15) is 64.0 Å². The molecule has 2 bridgehead atoms. The average Bonchev–Trinajstić information content (AvgIpc) is 3.09. The first-order valence-electron chi connectivity index (χ1n) is 13.0. The molecule has 2 heterocycles. The van der Waals surface area contributed by atoms with E-state index in [1.54, 1.807) is 6.92 Å². The van der Waals surface area contributed by atoms with Gasteiger partial charge >= 0.3 is 5.97 Å². The topological polar surface area (TPSA) is 95.0 Å². The maximum absolute atomic E-state index is 14.7. The predicted molar refractivity (Wildman–Crippen MR) is 146 cm³/mol. The van der Waals surface area contributed by atoms with Crippen molar-refractivity contribution in [3.8, 4) is 0 Å². The van der Waals surface area contributed by atoms with Crippen molar-refractivity contribution < 1.29 is 28.9 Å². The van der Waals surface area contributed by atoms with Crippen LogP contribution in [0.5, 0.6) is 0 Å². The van der Waals surface area contributed by atoms with Gasteiger partial charge < -0.3 is 19.3 Å². The van der Waals surface area contributed by atoms with Gasteiger partial charge in [-0.3, -0.25) is 4.79 Å².